The van der Waals surface area contributed by atoms with E-state index < -0.39 is 0 Å². The van der Waals surface area contributed by atoms with Crippen LogP contribution in [0, 0.1) is 0 Å². The van der Waals surface area contributed by atoms with Crippen molar-refractivity contribution in [3.8, 4) is 5.75 Å². The molecular formula is C18H19NO2. The van der Waals surface area contributed by atoms with Gasteiger partial charge in [-0.05, 0) is 29.8 Å². The van der Waals surface area contributed by atoms with E-state index in [4.69, 9.17) is 4.74 Å². The molecule has 0 saturated carbocycles. The second-order valence-corrected chi connectivity index (χ2v) is 4.81. The van der Waals surface area contributed by atoms with Gasteiger partial charge in [0.2, 0.25) is 0 Å². The summed E-state index contributed by atoms with van der Waals surface area (Å²) < 4.78 is 5.08. The zero-order valence-electron chi connectivity index (χ0n) is 12.3. The van der Waals surface area contributed by atoms with Crippen molar-refractivity contribution in [2.45, 2.75) is 6.54 Å². The average molecular weight is 281 g/mol. The number of carbonyl (C=O) groups excluding carboxylic acids is 1. The summed E-state index contributed by atoms with van der Waals surface area (Å²) >= 11 is 0. The normalized spacial score (nSPS) is 10.6. The molecule has 0 saturated heterocycles. The van der Waals surface area contributed by atoms with Crippen LogP contribution in [-0.4, -0.2) is 24.8 Å². The Morgan fingerprint density at radius 2 is 1.76 bits per heavy atom. The third-order valence-electron chi connectivity index (χ3n) is 3.13. The number of hydrogen-bond acceptors (Lipinski definition) is 3. The predicted octanol–water partition coefficient (Wildman–Crippen LogP) is 3.52. The van der Waals surface area contributed by atoms with Crippen LogP contribution in [0.25, 0.3) is 0 Å². The molecule has 0 aromatic heterocycles. The Kier molecular flexibility index (Phi) is 5.16. The molecule has 0 atom stereocenters. The van der Waals surface area contributed by atoms with E-state index in [0.29, 0.717) is 5.56 Å². The van der Waals surface area contributed by atoms with E-state index in [0.717, 1.165) is 12.3 Å². The van der Waals surface area contributed by atoms with Gasteiger partial charge in [0, 0.05) is 31.4 Å². The van der Waals surface area contributed by atoms with E-state index in [1.165, 1.54) is 5.56 Å². The lowest BCUT2D eigenvalue weighted by Gasteiger charge is -2.13. The van der Waals surface area contributed by atoms with Gasteiger partial charge in [0.25, 0.3) is 0 Å². The Hall–Kier alpha value is -2.55. The largest absolute Gasteiger partial charge is 0.497 e. The zero-order chi connectivity index (χ0) is 15.1. The van der Waals surface area contributed by atoms with Crippen molar-refractivity contribution in [3.05, 3.63) is 78.0 Å². The van der Waals surface area contributed by atoms with E-state index in [9.17, 15) is 4.79 Å². The van der Waals surface area contributed by atoms with Crippen molar-refractivity contribution in [1.82, 2.24) is 4.90 Å². The highest BCUT2D eigenvalue weighted by Crippen LogP contribution is 2.12. The number of benzene rings is 2. The summed E-state index contributed by atoms with van der Waals surface area (Å²) in [5.74, 6) is 0.731. The molecule has 0 aliphatic rings. The Bertz CT molecular complexity index is 603. The number of carbonyl (C=O) groups is 1. The lowest BCUT2D eigenvalue weighted by molar-refractivity contribution is 0.104. The van der Waals surface area contributed by atoms with Gasteiger partial charge in [0.15, 0.2) is 5.78 Å². The van der Waals surface area contributed by atoms with Crippen molar-refractivity contribution in [1.29, 1.82) is 0 Å². The number of allylic oxidation sites excluding steroid dienone is 1. The Morgan fingerprint density at radius 1 is 1.10 bits per heavy atom. The first-order valence-corrected chi connectivity index (χ1v) is 6.80. The maximum atomic E-state index is 12.0. The molecule has 21 heavy (non-hydrogen) atoms. The van der Waals surface area contributed by atoms with Gasteiger partial charge in [0.1, 0.15) is 5.75 Å². The van der Waals surface area contributed by atoms with Gasteiger partial charge < -0.3 is 9.64 Å². The summed E-state index contributed by atoms with van der Waals surface area (Å²) in [5, 5.41) is 0. The molecule has 0 amide bonds. The van der Waals surface area contributed by atoms with Gasteiger partial charge in [0.05, 0.1) is 7.11 Å². The maximum Gasteiger partial charge on any atom is 0.187 e. The van der Waals surface area contributed by atoms with Crippen molar-refractivity contribution < 1.29 is 9.53 Å². The van der Waals surface area contributed by atoms with Gasteiger partial charge in [-0.2, -0.15) is 0 Å². The first-order valence-electron chi connectivity index (χ1n) is 6.80. The highest BCUT2D eigenvalue weighted by atomic mass is 16.5. The van der Waals surface area contributed by atoms with Crippen LogP contribution < -0.4 is 4.74 Å². The van der Waals surface area contributed by atoms with Crippen molar-refractivity contribution in [2.24, 2.45) is 0 Å². The third-order valence-corrected chi connectivity index (χ3v) is 3.13. The molecule has 0 aliphatic heterocycles. The smallest absolute Gasteiger partial charge is 0.187 e. The number of methoxy groups -OCH3 is 1. The molecule has 0 spiro atoms. The van der Waals surface area contributed by atoms with Crippen LogP contribution in [0.3, 0.4) is 0 Å². The van der Waals surface area contributed by atoms with Crippen molar-refractivity contribution >= 4 is 5.78 Å². The fourth-order valence-electron chi connectivity index (χ4n) is 1.97. The van der Waals surface area contributed by atoms with Crippen molar-refractivity contribution in [2.75, 3.05) is 14.2 Å². The molecule has 0 fully saturated rings. The average Bonchev–Trinajstić information content (AvgIpc) is 2.53. The summed E-state index contributed by atoms with van der Waals surface area (Å²) in [6.45, 7) is 0.771. The van der Waals surface area contributed by atoms with Gasteiger partial charge in [-0.15, -0.1) is 0 Å². The quantitative estimate of drug-likeness (QED) is 0.599. The summed E-state index contributed by atoms with van der Waals surface area (Å²) in [6.07, 6.45) is 3.39. The first-order chi connectivity index (χ1) is 10.2. The third kappa shape index (κ3) is 4.49. The molecule has 3 nitrogen and oxygen atoms in total. The highest BCUT2D eigenvalue weighted by Gasteiger charge is 2.02. The fraction of sp³-hybridized carbons (Fsp3) is 0.167. The van der Waals surface area contributed by atoms with Gasteiger partial charge >= 0.3 is 0 Å². The fourth-order valence-corrected chi connectivity index (χ4v) is 1.97. The lowest BCUT2D eigenvalue weighted by atomic mass is 10.1. The molecule has 0 aliphatic carbocycles. The minimum Gasteiger partial charge on any atom is -0.497 e. The van der Waals surface area contributed by atoms with E-state index >= 15 is 0 Å². The van der Waals surface area contributed by atoms with Crippen LogP contribution in [-0.2, 0) is 6.54 Å². The molecule has 0 N–H and O–H groups in total. The number of ketones is 1. The zero-order valence-corrected chi connectivity index (χ0v) is 12.3. The van der Waals surface area contributed by atoms with Crippen LogP contribution >= 0.6 is 0 Å². The minimum absolute atomic E-state index is 0.0161. The van der Waals surface area contributed by atoms with E-state index in [1.807, 2.05) is 30.1 Å². The van der Waals surface area contributed by atoms with E-state index in [2.05, 4.69) is 12.1 Å². The molecule has 2 rings (SSSR count). The van der Waals surface area contributed by atoms with Gasteiger partial charge in [-0.1, -0.05) is 30.3 Å². The molecule has 0 bridgehead atoms. The van der Waals surface area contributed by atoms with Crippen molar-refractivity contribution in [3.63, 3.8) is 0 Å². The SMILES string of the molecule is COc1ccc(C(=O)C=CN(C)Cc2ccccc2)cc1. The molecule has 0 unspecified atom stereocenters. The van der Waals surface area contributed by atoms with Gasteiger partial charge in [-0.3, -0.25) is 4.79 Å². The summed E-state index contributed by atoms with van der Waals surface area (Å²) in [5.41, 5.74) is 1.86. The molecule has 0 radical (unpaired) electrons. The maximum absolute atomic E-state index is 12.0. The monoisotopic (exact) mass is 281 g/mol. The van der Waals surface area contributed by atoms with Gasteiger partial charge in [-0.25, -0.2) is 0 Å². The van der Waals surface area contributed by atoms with E-state index in [1.54, 1.807) is 43.7 Å². The first kappa shape index (κ1) is 14.9. The predicted molar refractivity (Wildman–Crippen MR) is 84.4 cm³/mol. The Balaban J connectivity index is 1.94. The Morgan fingerprint density at radius 3 is 2.38 bits per heavy atom. The number of hydrogen-bond donors (Lipinski definition) is 0. The molecule has 108 valence electrons. The summed E-state index contributed by atoms with van der Waals surface area (Å²) in [4.78, 5) is 14.0. The molecule has 2 aromatic carbocycles. The standard InChI is InChI=1S/C18H19NO2/c1-19(14-15-6-4-3-5-7-15)13-12-18(20)16-8-10-17(21-2)11-9-16/h3-13H,14H2,1-2H3. The van der Waals surface area contributed by atoms with E-state index in [-0.39, 0.29) is 5.78 Å². The van der Waals surface area contributed by atoms with Crippen LogP contribution in [0.15, 0.2) is 66.9 Å². The molecule has 3 heteroatoms. The van der Waals surface area contributed by atoms with Crippen LogP contribution in [0.5, 0.6) is 5.75 Å². The molecule has 2 aromatic rings. The second-order valence-electron chi connectivity index (χ2n) is 4.81. The number of rotatable bonds is 6. The van der Waals surface area contributed by atoms with Crippen LogP contribution in [0.4, 0.5) is 0 Å². The molecular weight excluding hydrogens is 262 g/mol. The summed E-state index contributed by atoms with van der Waals surface area (Å²) in [7, 11) is 3.56. The number of ether oxygens (including phenoxy) is 1. The molecule has 0 heterocycles. The number of nitrogens with zero attached hydrogens (tertiary/aromatic N) is 1. The highest BCUT2D eigenvalue weighted by molar-refractivity contribution is 6.04. The lowest BCUT2D eigenvalue weighted by Crippen LogP contribution is -2.10. The van der Waals surface area contributed by atoms with Crippen LogP contribution in [0.2, 0.25) is 0 Å². The van der Waals surface area contributed by atoms with Crippen LogP contribution in [0.1, 0.15) is 15.9 Å². The minimum atomic E-state index is -0.0161. The topological polar surface area (TPSA) is 29.5 Å². The Labute approximate surface area is 125 Å². The second kappa shape index (κ2) is 7.29. The summed E-state index contributed by atoms with van der Waals surface area (Å²) in [6, 6.07) is 17.2.